The Bertz CT molecular complexity index is 359. The molecule has 0 N–H and O–H groups in total. The molecule has 1 fully saturated rings. The Balaban J connectivity index is 2.07. The number of benzene rings is 1. The number of hydrogen-bond donors (Lipinski definition) is 0. The second-order valence-electron chi connectivity index (χ2n) is 5.71. The van der Waals surface area contributed by atoms with Crippen LogP contribution in [0.3, 0.4) is 0 Å². The molecule has 0 spiro atoms. The van der Waals surface area contributed by atoms with Crippen molar-refractivity contribution in [2.24, 2.45) is 5.92 Å². The van der Waals surface area contributed by atoms with Gasteiger partial charge in [0.05, 0.1) is 0 Å². The van der Waals surface area contributed by atoms with E-state index >= 15 is 0 Å². The molecule has 0 nitrogen and oxygen atoms in total. The highest BCUT2D eigenvalue weighted by Gasteiger charge is 2.47. The van der Waals surface area contributed by atoms with Crippen molar-refractivity contribution in [3.63, 3.8) is 0 Å². The first-order chi connectivity index (χ1) is 7.00. The molecule has 2 atom stereocenters. The van der Waals surface area contributed by atoms with Crippen LogP contribution in [0.5, 0.6) is 0 Å². The minimum absolute atomic E-state index is 0.777. The fourth-order valence-corrected chi connectivity index (χ4v) is 4.77. The maximum atomic E-state index is 4.27. The van der Waals surface area contributed by atoms with Crippen LogP contribution in [0.15, 0.2) is 36.9 Å². The van der Waals surface area contributed by atoms with Gasteiger partial charge in [0.15, 0.2) is 0 Å². The van der Waals surface area contributed by atoms with E-state index in [1.54, 1.807) is 0 Å². The zero-order chi connectivity index (χ0) is 11.1. The van der Waals surface area contributed by atoms with Crippen molar-refractivity contribution in [1.82, 2.24) is 0 Å². The minimum atomic E-state index is -0.943. The van der Waals surface area contributed by atoms with Crippen LogP contribution in [0.2, 0.25) is 25.2 Å². The van der Waals surface area contributed by atoms with Gasteiger partial charge in [0.25, 0.3) is 0 Å². The van der Waals surface area contributed by atoms with Crippen LogP contribution < -0.4 is 0 Å². The molecule has 80 valence electrons. The van der Waals surface area contributed by atoms with Crippen molar-refractivity contribution in [1.29, 1.82) is 0 Å². The Morgan fingerprint density at radius 3 is 2.27 bits per heavy atom. The summed E-state index contributed by atoms with van der Waals surface area (Å²) in [6, 6.07) is 10.6. The first kappa shape index (κ1) is 10.7. The van der Waals surface area contributed by atoms with Crippen molar-refractivity contribution >= 4 is 13.6 Å². The summed E-state index contributed by atoms with van der Waals surface area (Å²) < 4.78 is 0. The Morgan fingerprint density at radius 1 is 1.20 bits per heavy atom. The predicted octanol–water partition coefficient (Wildman–Crippen LogP) is 4.43. The average Bonchev–Trinajstić information content (AvgIpc) is 2.97. The maximum Gasteiger partial charge on any atom is 0.0480 e. The second-order valence-corrected chi connectivity index (χ2v) is 11.2. The third kappa shape index (κ3) is 2.23. The molecule has 1 saturated carbocycles. The average molecular weight is 216 g/mol. The van der Waals surface area contributed by atoms with Gasteiger partial charge in [-0.3, -0.25) is 0 Å². The van der Waals surface area contributed by atoms with Crippen LogP contribution in [0.4, 0.5) is 0 Å². The van der Waals surface area contributed by atoms with Crippen LogP contribution >= 0.6 is 0 Å². The lowest BCUT2D eigenvalue weighted by Crippen LogP contribution is -2.20. The first-order valence-electron chi connectivity index (χ1n) is 5.74. The maximum absolute atomic E-state index is 4.27. The molecule has 1 aromatic rings. The van der Waals surface area contributed by atoms with Crippen molar-refractivity contribution in [3.05, 3.63) is 42.5 Å². The smallest absolute Gasteiger partial charge is 0.0480 e. The van der Waals surface area contributed by atoms with Gasteiger partial charge in [-0.05, 0) is 29.0 Å². The van der Waals surface area contributed by atoms with Crippen LogP contribution in [0.25, 0.3) is 5.57 Å². The van der Waals surface area contributed by atoms with E-state index in [-0.39, 0.29) is 0 Å². The van der Waals surface area contributed by atoms with Gasteiger partial charge in [-0.1, -0.05) is 56.6 Å². The molecule has 0 bridgehead atoms. The van der Waals surface area contributed by atoms with E-state index in [1.807, 2.05) is 0 Å². The van der Waals surface area contributed by atoms with E-state index in [2.05, 4.69) is 56.6 Å². The zero-order valence-electron chi connectivity index (χ0n) is 9.96. The van der Waals surface area contributed by atoms with Gasteiger partial charge in [-0.2, -0.15) is 0 Å². The Kier molecular flexibility index (Phi) is 2.59. The summed E-state index contributed by atoms with van der Waals surface area (Å²) in [7, 11) is -0.943. The summed E-state index contributed by atoms with van der Waals surface area (Å²) in [6.07, 6.45) is 1.38. The molecule has 1 heteroatoms. The molecule has 1 aliphatic rings. The first-order valence-corrected chi connectivity index (χ1v) is 9.32. The van der Waals surface area contributed by atoms with Gasteiger partial charge in [-0.25, -0.2) is 0 Å². The van der Waals surface area contributed by atoms with Crippen molar-refractivity contribution in [2.45, 2.75) is 31.6 Å². The lowest BCUT2D eigenvalue weighted by Gasteiger charge is -2.16. The summed E-state index contributed by atoms with van der Waals surface area (Å²) in [5.41, 5.74) is 3.66. The second kappa shape index (κ2) is 3.64. The van der Waals surface area contributed by atoms with Gasteiger partial charge in [-0.15, -0.1) is 0 Å². The SMILES string of the molecule is C=C(c1ccccc1)C1CC1[Si](C)(C)C. The summed E-state index contributed by atoms with van der Waals surface area (Å²) in [5, 5.41) is 0. The molecule has 0 amide bonds. The molecule has 1 aromatic carbocycles. The summed E-state index contributed by atoms with van der Waals surface area (Å²) >= 11 is 0. The highest BCUT2D eigenvalue weighted by molar-refractivity contribution is 6.78. The molecular weight excluding hydrogens is 196 g/mol. The summed E-state index contributed by atoms with van der Waals surface area (Å²) in [4.78, 5) is 0. The number of allylic oxidation sites excluding steroid dienone is 1. The third-order valence-electron chi connectivity index (χ3n) is 3.49. The largest absolute Gasteiger partial charge is 0.0950 e. The number of hydrogen-bond acceptors (Lipinski definition) is 0. The molecular formula is C14H20Si. The predicted molar refractivity (Wildman–Crippen MR) is 70.7 cm³/mol. The van der Waals surface area contributed by atoms with Gasteiger partial charge in [0, 0.05) is 8.07 Å². The van der Waals surface area contributed by atoms with Crippen LogP contribution in [-0.2, 0) is 0 Å². The normalized spacial score (nSPS) is 25.0. The topological polar surface area (TPSA) is 0 Å². The van der Waals surface area contributed by atoms with Gasteiger partial charge in [0.2, 0.25) is 0 Å². The minimum Gasteiger partial charge on any atom is -0.0950 e. The molecule has 0 aromatic heterocycles. The van der Waals surface area contributed by atoms with Crippen molar-refractivity contribution < 1.29 is 0 Å². The van der Waals surface area contributed by atoms with E-state index in [9.17, 15) is 0 Å². The fourth-order valence-electron chi connectivity index (χ4n) is 2.40. The van der Waals surface area contributed by atoms with E-state index < -0.39 is 8.07 Å². The third-order valence-corrected chi connectivity index (χ3v) is 6.36. The van der Waals surface area contributed by atoms with Gasteiger partial charge in [0.1, 0.15) is 0 Å². The monoisotopic (exact) mass is 216 g/mol. The molecule has 1 aliphatic carbocycles. The molecule has 0 radical (unpaired) electrons. The van der Waals surface area contributed by atoms with E-state index in [0.717, 1.165) is 11.5 Å². The number of rotatable bonds is 3. The van der Waals surface area contributed by atoms with Crippen molar-refractivity contribution in [3.8, 4) is 0 Å². The summed E-state index contributed by atoms with van der Waals surface area (Å²) in [5.74, 6) is 0.777. The van der Waals surface area contributed by atoms with Crippen LogP contribution in [0, 0.1) is 5.92 Å². The molecule has 0 heterocycles. The van der Waals surface area contributed by atoms with Crippen molar-refractivity contribution in [2.75, 3.05) is 0 Å². The zero-order valence-corrected chi connectivity index (χ0v) is 11.0. The Labute approximate surface area is 94.0 Å². The van der Waals surface area contributed by atoms with E-state index in [4.69, 9.17) is 0 Å². The van der Waals surface area contributed by atoms with E-state index in [1.165, 1.54) is 17.6 Å². The lowest BCUT2D eigenvalue weighted by molar-refractivity contribution is 1.13. The molecule has 2 rings (SSSR count). The standard InChI is InChI=1S/C14H20Si/c1-11(12-8-6-5-7-9-12)13-10-14(13)15(2,3)4/h5-9,13-14H,1,10H2,2-4H3. The van der Waals surface area contributed by atoms with E-state index in [0.29, 0.717) is 0 Å². The Hall–Kier alpha value is -0.823. The quantitative estimate of drug-likeness (QED) is 0.656. The molecule has 15 heavy (non-hydrogen) atoms. The van der Waals surface area contributed by atoms with Crippen LogP contribution in [0.1, 0.15) is 12.0 Å². The fraction of sp³-hybridized carbons (Fsp3) is 0.429. The molecule has 0 aliphatic heterocycles. The van der Waals surface area contributed by atoms with Gasteiger partial charge >= 0.3 is 0 Å². The highest BCUT2D eigenvalue weighted by Crippen LogP contribution is 2.57. The molecule has 2 unspecified atom stereocenters. The lowest BCUT2D eigenvalue weighted by atomic mass is 10.0. The highest BCUT2D eigenvalue weighted by atomic mass is 28.3. The molecule has 0 saturated heterocycles. The van der Waals surface area contributed by atoms with Gasteiger partial charge < -0.3 is 0 Å². The van der Waals surface area contributed by atoms with Crippen LogP contribution in [-0.4, -0.2) is 8.07 Å². The summed E-state index contributed by atoms with van der Waals surface area (Å²) in [6.45, 7) is 11.7. The Morgan fingerprint density at radius 2 is 1.80 bits per heavy atom.